The third kappa shape index (κ3) is 4.05. The number of nitrogens with one attached hydrogen (secondary N) is 1. The zero-order valence-electron chi connectivity index (χ0n) is 10.5. The van der Waals surface area contributed by atoms with Gasteiger partial charge in [0.15, 0.2) is 0 Å². The molecule has 102 valence electrons. The van der Waals surface area contributed by atoms with Crippen LogP contribution in [0.25, 0.3) is 0 Å². The first-order valence-corrected chi connectivity index (χ1v) is 8.10. The van der Waals surface area contributed by atoms with Crippen molar-refractivity contribution in [1.29, 1.82) is 0 Å². The molecule has 0 spiro atoms. The van der Waals surface area contributed by atoms with Crippen LogP contribution in [0.5, 0.6) is 0 Å². The first kappa shape index (κ1) is 15.6. The van der Waals surface area contributed by atoms with Crippen LogP contribution in [0, 0.1) is 0 Å². The van der Waals surface area contributed by atoms with Crippen LogP contribution >= 0.6 is 15.9 Å². The second-order valence-corrected chi connectivity index (χ2v) is 6.77. The van der Waals surface area contributed by atoms with E-state index in [4.69, 9.17) is 5.11 Å². The smallest absolute Gasteiger partial charge is 0.241 e. The zero-order valence-corrected chi connectivity index (χ0v) is 12.9. The van der Waals surface area contributed by atoms with Crippen molar-refractivity contribution < 1.29 is 13.5 Å². The molecule has 0 aliphatic carbocycles. The fourth-order valence-electron chi connectivity index (χ4n) is 1.68. The second-order valence-electron chi connectivity index (χ2n) is 4.23. The van der Waals surface area contributed by atoms with E-state index in [9.17, 15) is 8.42 Å². The summed E-state index contributed by atoms with van der Waals surface area (Å²) >= 11 is 3.22. The molecule has 0 amide bonds. The highest BCUT2D eigenvalue weighted by atomic mass is 79.9. The topological polar surface area (TPSA) is 66.4 Å². The molecule has 0 aliphatic heterocycles. The average Bonchev–Trinajstić information content (AvgIpc) is 2.27. The Balaban J connectivity index is 2.98. The molecule has 2 N–H and O–H groups in total. The first-order chi connectivity index (χ1) is 8.40. The summed E-state index contributed by atoms with van der Waals surface area (Å²) in [5, 5.41) is 8.99. The number of hydrogen-bond donors (Lipinski definition) is 2. The lowest BCUT2D eigenvalue weighted by atomic mass is 10.2. The van der Waals surface area contributed by atoms with Gasteiger partial charge in [0, 0.05) is 10.5 Å². The highest BCUT2D eigenvalue weighted by molar-refractivity contribution is 9.10. The maximum absolute atomic E-state index is 12.1. The third-order valence-electron chi connectivity index (χ3n) is 2.55. The Hall–Kier alpha value is -0.430. The summed E-state index contributed by atoms with van der Waals surface area (Å²) in [4.78, 5) is 0.197. The lowest BCUT2D eigenvalue weighted by Crippen LogP contribution is -2.32. The van der Waals surface area contributed by atoms with Crippen LogP contribution in [0.4, 0.5) is 0 Å². The van der Waals surface area contributed by atoms with Crippen molar-refractivity contribution in [2.45, 2.75) is 44.2 Å². The maximum Gasteiger partial charge on any atom is 0.241 e. The zero-order chi connectivity index (χ0) is 13.8. The predicted molar refractivity (Wildman–Crippen MR) is 74.8 cm³/mol. The van der Waals surface area contributed by atoms with Gasteiger partial charge in [0.2, 0.25) is 10.0 Å². The van der Waals surface area contributed by atoms with Gasteiger partial charge in [-0.15, -0.1) is 0 Å². The Morgan fingerprint density at radius 1 is 1.44 bits per heavy atom. The van der Waals surface area contributed by atoms with Crippen LogP contribution in [0.1, 0.15) is 32.3 Å². The third-order valence-corrected chi connectivity index (χ3v) is 5.11. The molecule has 1 unspecified atom stereocenters. The molecule has 1 aromatic carbocycles. The number of aliphatic hydroxyl groups is 1. The quantitative estimate of drug-likeness (QED) is 0.838. The molecule has 4 nitrogen and oxygen atoms in total. The Kier molecular flexibility index (Phi) is 5.78. The van der Waals surface area contributed by atoms with Gasteiger partial charge in [-0.3, -0.25) is 0 Å². The fourth-order valence-corrected chi connectivity index (χ4v) is 4.08. The number of aliphatic hydroxyl groups excluding tert-OH is 1. The largest absolute Gasteiger partial charge is 0.392 e. The Bertz CT molecular complexity index is 502. The molecule has 0 saturated heterocycles. The van der Waals surface area contributed by atoms with Crippen LogP contribution in [-0.4, -0.2) is 19.6 Å². The summed E-state index contributed by atoms with van der Waals surface area (Å²) in [6.07, 6.45) is 1.72. The van der Waals surface area contributed by atoms with Gasteiger partial charge >= 0.3 is 0 Å². The van der Waals surface area contributed by atoms with Crippen molar-refractivity contribution in [2.75, 3.05) is 0 Å². The highest BCUT2D eigenvalue weighted by Crippen LogP contribution is 2.23. The normalized spacial score (nSPS) is 13.6. The molecule has 0 bridgehead atoms. The van der Waals surface area contributed by atoms with Crippen molar-refractivity contribution in [3.05, 3.63) is 28.2 Å². The Morgan fingerprint density at radius 3 is 2.61 bits per heavy atom. The summed E-state index contributed by atoms with van der Waals surface area (Å²) in [7, 11) is -3.52. The molecule has 0 saturated carbocycles. The minimum atomic E-state index is -3.52. The van der Waals surface area contributed by atoms with Gasteiger partial charge < -0.3 is 5.11 Å². The Labute approximate surface area is 117 Å². The van der Waals surface area contributed by atoms with Crippen LogP contribution in [-0.2, 0) is 16.6 Å². The minimum absolute atomic E-state index is 0.0931. The van der Waals surface area contributed by atoms with Crippen LogP contribution in [0.3, 0.4) is 0 Å². The van der Waals surface area contributed by atoms with Gasteiger partial charge in [-0.2, -0.15) is 0 Å². The average molecular weight is 336 g/mol. The van der Waals surface area contributed by atoms with E-state index >= 15 is 0 Å². The van der Waals surface area contributed by atoms with E-state index < -0.39 is 10.0 Å². The van der Waals surface area contributed by atoms with E-state index in [0.29, 0.717) is 10.0 Å². The van der Waals surface area contributed by atoms with Crippen molar-refractivity contribution in [2.24, 2.45) is 0 Å². The molecule has 0 aliphatic rings. The summed E-state index contributed by atoms with van der Waals surface area (Å²) in [6.45, 7) is 3.74. The summed E-state index contributed by atoms with van der Waals surface area (Å²) in [5.41, 5.74) is 0.669. The van der Waals surface area contributed by atoms with Gasteiger partial charge in [-0.1, -0.05) is 19.4 Å². The standard InChI is InChI=1S/C12H18BrNO3S/c1-3-4-9(2)14-18(16,17)12-6-5-10(8-15)7-11(12)13/h5-7,9,14-15H,3-4,8H2,1-2H3. The van der Waals surface area contributed by atoms with E-state index in [-0.39, 0.29) is 17.5 Å². The molecule has 6 heteroatoms. The fraction of sp³-hybridized carbons (Fsp3) is 0.500. The van der Waals surface area contributed by atoms with E-state index in [0.717, 1.165) is 12.8 Å². The molecule has 1 aromatic rings. The SMILES string of the molecule is CCCC(C)NS(=O)(=O)c1ccc(CO)cc1Br. The molecule has 1 atom stereocenters. The summed E-state index contributed by atoms with van der Waals surface area (Å²) in [6, 6.07) is 4.61. The molecule has 18 heavy (non-hydrogen) atoms. The van der Waals surface area contributed by atoms with Crippen molar-refractivity contribution in [1.82, 2.24) is 4.72 Å². The Morgan fingerprint density at radius 2 is 2.11 bits per heavy atom. The second kappa shape index (κ2) is 6.65. The molecular weight excluding hydrogens is 318 g/mol. The lowest BCUT2D eigenvalue weighted by molar-refractivity contribution is 0.281. The number of halogens is 1. The monoisotopic (exact) mass is 335 g/mol. The predicted octanol–water partition coefficient (Wildman–Crippen LogP) is 2.41. The van der Waals surface area contributed by atoms with Crippen molar-refractivity contribution >= 4 is 26.0 Å². The van der Waals surface area contributed by atoms with Crippen molar-refractivity contribution in [3.8, 4) is 0 Å². The highest BCUT2D eigenvalue weighted by Gasteiger charge is 2.19. The number of sulfonamides is 1. The molecule has 0 fully saturated rings. The molecule has 0 aromatic heterocycles. The van der Waals surface area contributed by atoms with Crippen LogP contribution in [0.15, 0.2) is 27.6 Å². The van der Waals surface area contributed by atoms with Crippen LogP contribution in [0.2, 0.25) is 0 Å². The summed E-state index contributed by atoms with van der Waals surface area (Å²) in [5.74, 6) is 0. The van der Waals surface area contributed by atoms with Gasteiger partial charge in [0.05, 0.1) is 11.5 Å². The van der Waals surface area contributed by atoms with Gasteiger partial charge in [0.25, 0.3) is 0 Å². The molecule has 0 radical (unpaired) electrons. The molecular formula is C12H18BrNO3S. The van der Waals surface area contributed by atoms with Crippen LogP contribution < -0.4 is 4.72 Å². The van der Waals surface area contributed by atoms with E-state index in [1.165, 1.54) is 6.07 Å². The summed E-state index contributed by atoms with van der Waals surface area (Å²) < 4.78 is 27.4. The van der Waals surface area contributed by atoms with Crippen molar-refractivity contribution in [3.63, 3.8) is 0 Å². The lowest BCUT2D eigenvalue weighted by Gasteiger charge is -2.14. The van der Waals surface area contributed by atoms with Gasteiger partial charge in [-0.25, -0.2) is 13.1 Å². The van der Waals surface area contributed by atoms with E-state index in [1.54, 1.807) is 12.1 Å². The number of benzene rings is 1. The number of hydrogen-bond acceptors (Lipinski definition) is 3. The van der Waals surface area contributed by atoms with E-state index in [2.05, 4.69) is 20.7 Å². The van der Waals surface area contributed by atoms with Gasteiger partial charge in [0.1, 0.15) is 0 Å². The van der Waals surface area contributed by atoms with E-state index in [1.807, 2.05) is 13.8 Å². The maximum atomic E-state index is 12.1. The first-order valence-electron chi connectivity index (χ1n) is 5.82. The number of rotatable bonds is 6. The molecule has 1 rings (SSSR count). The molecule has 0 heterocycles. The van der Waals surface area contributed by atoms with Gasteiger partial charge in [-0.05, 0) is 47.0 Å². The minimum Gasteiger partial charge on any atom is -0.392 e.